The number of halogens is 3. The van der Waals surface area contributed by atoms with Gasteiger partial charge in [-0.25, -0.2) is 13.2 Å². The largest absolute Gasteiger partial charge is 0.357 e. The highest BCUT2D eigenvalue weighted by atomic mass is 19.2. The van der Waals surface area contributed by atoms with E-state index in [1.54, 1.807) is 26.0 Å². The monoisotopic (exact) mass is 298 g/mol. The summed E-state index contributed by atoms with van der Waals surface area (Å²) in [5.41, 5.74) is -0.271. The molecule has 0 saturated carbocycles. The van der Waals surface area contributed by atoms with Crippen molar-refractivity contribution in [1.82, 2.24) is 15.0 Å². The Kier molecular flexibility index (Phi) is 4.10. The lowest BCUT2D eigenvalue weighted by Gasteiger charge is -2.13. The van der Waals surface area contributed by atoms with Gasteiger partial charge in [0.1, 0.15) is 5.82 Å². The second-order valence-corrected chi connectivity index (χ2v) is 4.30. The molecule has 0 aliphatic carbocycles. The SMILES string of the molecule is CNc1nc(Nc2cc(F)c(F)cc2F)nc(N(C)C)n1. The molecule has 6 nitrogen and oxygen atoms in total. The summed E-state index contributed by atoms with van der Waals surface area (Å²) in [4.78, 5) is 13.7. The second-order valence-electron chi connectivity index (χ2n) is 4.30. The number of anilines is 4. The zero-order valence-electron chi connectivity index (χ0n) is 11.6. The van der Waals surface area contributed by atoms with Crippen molar-refractivity contribution in [2.75, 3.05) is 36.7 Å². The standard InChI is InChI=1S/C12H13F3N6/c1-16-10-18-11(20-12(19-10)21(2)3)17-9-5-7(14)6(13)4-8(9)15/h4-5H,1-3H3,(H2,16,17,18,19,20). The molecule has 2 aromatic rings. The lowest BCUT2D eigenvalue weighted by Crippen LogP contribution is -2.16. The number of benzene rings is 1. The summed E-state index contributed by atoms with van der Waals surface area (Å²) in [5, 5.41) is 5.23. The van der Waals surface area contributed by atoms with Crippen molar-refractivity contribution >= 4 is 23.5 Å². The number of nitrogens with one attached hydrogen (secondary N) is 2. The van der Waals surface area contributed by atoms with Crippen LogP contribution in [0.2, 0.25) is 0 Å². The molecule has 1 aromatic carbocycles. The third-order valence-electron chi connectivity index (χ3n) is 2.50. The Bertz CT molecular complexity index is 662. The van der Waals surface area contributed by atoms with Gasteiger partial charge in [-0.3, -0.25) is 0 Å². The smallest absolute Gasteiger partial charge is 0.233 e. The molecular weight excluding hydrogens is 285 g/mol. The summed E-state index contributed by atoms with van der Waals surface area (Å²) in [7, 11) is 5.05. The highest BCUT2D eigenvalue weighted by Crippen LogP contribution is 2.22. The van der Waals surface area contributed by atoms with E-state index in [1.165, 1.54) is 0 Å². The lowest BCUT2D eigenvalue weighted by molar-refractivity contribution is 0.496. The number of nitrogens with zero attached hydrogens (tertiary/aromatic N) is 4. The van der Waals surface area contributed by atoms with Gasteiger partial charge >= 0.3 is 0 Å². The van der Waals surface area contributed by atoms with Crippen LogP contribution in [0.4, 0.5) is 36.7 Å². The van der Waals surface area contributed by atoms with Crippen molar-refractivity contribution in [3.05, 3.63) is 29.6 Å². The van der Waals surface area contributed by atoms with Gasteiger partial charge in [-0.15, -0.1) is 0 Å². The molecule has 0 unspecified atom stereocenters. The minimum atomic E-state index is -1.27. The van der Waals surface area contributed by atoms with Crippen molar-refractivity contribution in [3.63, 3.8) is 0 Å². The summed E-state index contributed by atoms with van der Waals surface area (Å²) in [6.07, 6.45) is 0. The molecule has 0 aliphatic rings. The van der Waals surface area contributed by atoms with Crippen molar-refractivity contribution in [2.24, 2.45) is 0 Å². The van der Waals surface area contributed by atoms with Gasteiger partial charge in [0, 0.05) is 33.3 Å². The van der Waals surface area contributed by atoms with Crippen LogP contribution in [0, 0.1) is 17.5 Å². The van der Waals surface area contributed by atoms with E-state index < -0.39 is 17.5 Å². The predicted molar refractivity (Wildman–Crippen MR) is 73.3 cm³/mol. The van der Waals surface area contributed by atoms with Crippen LogP contribution < -0.4 is 15.5 Å². The van der Waals surface area contributed by atoms with Crippen LogP contribution in [0.25, 0.3) is 0 Å². The predicted octanol–water partition coefficient (Wildman–Crippen LogP) is 2.14. The maximum Gasteiger partial charge on any atom is 0.233 e. The molecule has 0 saturated heterocycles. The van der Waals surface area contributed by atoms with Crippen molar-refractivity contribution in [1.29, 1.82) is 0 Å². The molecule has 112 valence electrons. The molecule has 0 fully saturated rings. The molecule has 0 bridgehead atoms. The lowest BCUT2D eigenvalue weighted by atomic mass is 10.3. The molecule has 0 spiro atoms. The molecule has 1 heterocycles. The van der Waals surface area contributed by atoms with Crippen molar-refractivity contribution in [3.8, 4) is 0 Å². The number of aromatic nitrogens is 3. The second kappa shape index (κ2) is 5.81. The van der Waals surface area contributed by atoms with E-state index >= 15 is 0 Å². The van der Waals surface area contributed by atoms with Gasteiger partial charge in [-0.1, -0.05) is 0 Å². The van der Waals surface area contributed by atoms with E-state index in [1.807, 2.05) is 0 Å². The van der Waals surface area contributed by atoms with Gasteiger partial charge < -0.3 is 15.5 Å². The van der Waals surface area contributed by atoms with E-state index in [2.05, 4.69) is 25.6 Å². The molecule has 0 amide bonds. The summed E-state index contributed by atoms with van der Waals surface area (Å²) >= 11 is 0. The van der Waals surface area contributed by atoms with Gasteiger partial charge in [-0.2, -0.15) is 15.0 Å². The average Bonchev–Trinajstić information content (AvgIpc) is 2.44. The van der Waals surface area contributed by atoms with Crippen LogP contribution in [-0.4, -0.2) is 36.1 Å². The van der Waals surface area contributed by atoms with E-state index in [0.29, 0.717) is 18.1 Å². The molecule has 2 rings (SSSR count). The highest BCUT2D eigenvalue weighted by Gasteiger charge is 2.13. The first-order chi connectivity index (χ1) is 9.90. The van der Waals surface area contributed by atoms with E-state index in [0.717, 1.165) is 0 Å². The third kappa shape index (κ3) is 3.30. The van der Waals surface area contributed by atoms with Crippen LogP contribution >= 0.6 is 0 Å². The Hall–Kier alpha value is -2.58. The fourth-order valence-electron chi connectivity index (χ4n) is 1.47. The van der Waals surface area contributed by atoms with E-state index in [-0.39, 0.29) is 17.6 Å². The van der Waals surface area contributed by atoms with Gasteiger partial charge in [0.2, 0.25) is 17.8 Å². The maximum absolute atomic E-state index is 13.6. The maximum atomic E-state index is 13.6. The van der Waals surface area contributed by atoms with Gasteiger partial charge in [0.05, 0.1) is 5.69 Å². The Morgan fingerprint density at radius 2 is 1.52 bits per heavy atom. The van der Waals surface area contributed by atoms with Gasteiger partial charge in [0.15, 0.2) is 11.6 Å². The molecule has 1 aromatic heterocycles. The third-order valence-corrected chi connectivity index (χ3v) is 2.50. The summed E-state index contributed by atoms with van der Waals surface area (Å²) < 4.78 is 39.6. The minimum Gasteiger partial charge on any atom is -0.357 e. The summed E-state index contributed by atoms with van der Waals surface area (Å²) in [5.74, 6) is -2.82. The van der Waals surface area contributed by atoms with Crippen LogP contribution in [0.1, 0.15) is 0 Å². The zero-order chi connectivity index (χ0) is 15.6. The van der Waals surface area contributed by atoms with E-state index in [4.69, 9.17) is 0 Å². The fraction of sp³-hybridized carbons (Fsp3) is 0.250. The highest BCUT2D eigenvalue weighted by molar-refractivity contribution is 5.56. The summed E-state index contributed by atoms with van der Waals surface area (Å²) in [6, 6.07) is 1.15. The summed E-state index contributed by atoms with van der Waals surface area (Å²) in [6.45, 7) is 0. The Balaban J connectivity index is 2.39. The molecule has 21 heavy (non-hydrogen) atoms. The number of rotatable bonds is 4. The van der Waals surface area contributed by atoms with Crippen LogP contribution in [-0.2, 0) is 0 Å². The normalized spacial score (nSPS) is 10.4. The van der Waals surface area contributed by atoms with Crippen molar-refractivity contribution in [2.45, 2.75) is 0 Å². The average molecular weight is 298 g/mol. The zero-order valence-corrected chi connectivity index (χ0v) is 11.6. The molecule has 0 radical (unpaired) electrons. The van der Waals surface area contributed by atoms with Gasteiger partial charge in [-0.05, 0) is 0 Å². The van der Waals surface area contributed by atoms with E-state index in [9.17, 15) is 13.2 Å². The Labute approximate surface area is 119 Å². The number of hydrogen-bond donors (Lipinski definition) is 2. The minimum absolute atomic E-state index is 0.00274. The molecule has 2 N–H and O–H groups in total. The fourth-order valence-corrected chi connectivity index (χ4v) is 1.47. The Morgan fingerprint density at radius 3 is 2.14 bits per heavy atom. The topological polar surface area (TPSA) is 66.0 Å². The van der Waals surface area contributed by atoms with Gasteiger partial charge in [0.25, 0.3) is 0 Å². The first-order valence-electron chi connectivity index (χ1n) is 5.93. The first kappa shape index (κ1) is 14.8. The quantitative estimate of drug-likeness (QED) is 0.843. The molecule has 0 atom stereocenters. The van der Waals surface area contributed by atoms with Crippen molar-refractivity contribution < 1.29 is 13.2 Å². The number of hydrogen-bond acceptors (Lipinski definition) is 6. The molecule has 9 heteroatoms. The Morgan fingerprint density at radius 1 is 0.905 bits per heavy atom. The van der Waals surface area contributed by atoms with Crippen LogP contribution in [0.15, 0.2) is 12.1 Å². The van der Waals surface area contributed by atoms with Crippen LogP contribution in [0.3, 0.4) is 0 Å². The van der Waals surface area contributed by atoms with Crippen LogP contribution in [0.5, 0.6) is 0 Å². The first-order valence-corrected chi connectivity index (χ1v) is 5.93. The molecular formula is C12H13F3N6. The molecule has 0 aliphatic heterocycles.